The van der Waals surface area contributed by atoms with Gasteiger partial charge in [0, 0.05) is 18.7 Å². The Morgan fingerprint density at radius 1 is 1.29 bits per heavy atom. The lowest BCUT2D eigenvalue weighted by Crippen LogP contribution is -2.31. The zero-order valence-corrected chi connectivity index (χ0v) is 11.8. The zero-order valence-electron chi connectivity index (χ0n) is 11.8. The number of nitrogens with one attached hydrogen (secondary N) is 1. The summed E-state index contributed by atoms with van der Waals surface area (Å²) in [5, 5.41) is 11.5. The van der Waals surface area contributed by atoms with E-state index in [4.69, 9.17) is 9.84 Å². The highest BCUT2D eigenvalue weighted by atomic mass is 16.5. The van der Waals surface area contributed by atoms with Gasteiger partial charge in [0.2, 0.25) is 11.9 Å². The van der Waals surface area contributed by atoms with Crippen LogP contribution in [-0.2, 0) is 11.3 Å². The fraction of sp³-hybridized carbons (Fsp3) is 0.467. The van der Waals surface area contributed by atoms with E-state index < -0.39 is 0 Å². The monoisotopic (exact) mass is 289 g/mol. The number of aliphatic hydroxyl groups is 1. The standard InChI is InChI=1S/C15H19N3O3/c19-6-2-1-3-7-21-12-4-5-13-11(8-12)9-18-10-14(20)17-15(18)16-13/h4-5,8,19H,1-3,6-7,9-10H2,(H,16,17,20). The number of aliphatic imine (C=N–C) groups is 1. The van der Waals surface area contributed by atoms with Crippen LogP contribution >= 0.6 is 0 Å². The van der Waals surface area contributed by atoms with E-state index in [2.05, 4.69) is 10.3 Å². The van der Waals surface area contributed by atoms with E-state index in [1.54, 1.807) is 0 Å². The first-order valence-electron chi connectivity index (χ1n) is 7.26. The van der Waals surface area contributed by atoms with Crippen LogP contribution in [0.2, 0.25) is 0 Å². The number of nitrogens with zero attached hydrogens (tertiary/aromatic N) is 2. The maximum Gasteiger partial charge on any atom is 0.246 e. The van der Waals surface area contributed by atoms with Crippen LogP contribution in [-0.4, -0.2) is 41.6 Å². The quantitative estimate of drug-likeness (QED) is 0.771. The molecule has 2 aliphatic rings. The molecule has 0 saturated carbocycles. The molecule has 0 radical (unpaired) electrons. The van der Waals surface area contributed by atoms with Crippen molar-refractivity contribution in [2.45, 2.75) is 25.8 Å². The number of amides is 1. The van der Waals surface area contributed by atoms with E-state index in [0.29, 0.717) is 25.7 Å². The third-order valence-electron chi connectivity index (χ3n) is 3.59. The Kier molecular flexibility index (Phi) is 4.06. The molecule has 2 N–H and O–H groups in total. The van der Waals surface area contributed by atoms with Crippen LogP contribution in [0.5, 0.6) is 5.75 Å². The van der Waals surface area contributed by atoms with Gasteiger partial charge >= 0.3 is 0 Å². The molecule has 1 aromatic carbocycles. The Hall–Kier alpha value is -2.08. The van der Waals surface area contributed by atoms with Crippen molar-refractivity contribution in [1.29, 1.82) is 0 Å². The van der Waals surface area contributed by atoms with E-state index in [9.17, 15) is 4.79 Å². The van der Waals surface area contributed by atoms with Gasteiger partial charge in [-0.15, -0.1) is 0 Å². The minimum Gasteiger partial charge on any atom is -0.494 e. The van der Waals surface area contributed by atoms with Crippen LogP contribution in [0.15, 0.2) is 23.2 Å². The Morgan fingerprint density at radius 3 is 3.05 bits per heavy atom. The molecule has 0 aliphatic carbocycles. The van der Waals surface area contributed by atoms with E-state index in [1.165, 1.54) is 0 Å². The number of hydrogen-bond acceptors (Lipinski definition) is 5. The molecule has 3 rings (SSSR count). The van der Waals surface area contributed by atoms with Crippen molar-refractivity contribution in [3.63, 3.8) is 0 Å². The number of hydrogen-bond donors (Lipinski definition) is 2. The lowest BCUT2D eigenvalue weighted by Gasteiger charge is -2.23. The molecule has 1 saturated heterocycles. The van der Waals surface area contributed by atoms with E-state index in [0.717, 1.165) is 36.3 Å². The number of benzene rings is 1. The summed E-state index contributed by atoms with van der Waals surface area (Å²) in [6.45, 7) is 1.93. The van der Waals surface area contributed by atoms with Crippen LogP contribution in [0.4, 0.5) is 5.69 Å². The number of carbonyl (C=O) groups excluding carboxylic acids is 1. The molecule has 2 heterocycles. The fourth-order valence-corrected chi connectivity index (χ4v) is 2.51. The minimum absolute atomic E-state index is 0.0121. The molecule has 21 heavy (non-hydrogen) atoms. The van der Waals surface area contributed by atoms with E-state index >= 15 is 0 Å². The topological polar surface area (TPSA) is 74.2 Å². The molecular formula is C15H19N3O3. The number of carbonyl (C=O) groups is 1. The molecule has 6 heteroatoms. The highest BCUT2D eigenvalue weighted by molar-refractivity contribution is 6.05. The first-order valence-corrected chi connectivity index (χ1v) is 7.26. The Bertz CT molecular complexity index is 571. The number of unbranched alkanes of at least 4 members (excludes halogenated alkanes) is 2. The molecule has 1 aromatic rings. The van der Waals surface area contributed by atoms with Crippen molar-refractivity contribution in [2.75, 3.05) is 19.8 Å². The Labute approximate surface area is 123 Å². The van der Waals surface area contributed by atoms with Crippen LogP contribution < -0.4 is 10.1 Å². The third kappa shape index (κ3) is 3.16. The number of rotatable bonds is 6. The zero-order chi connectivity index (χ0) is 14.7. The lowest BCUT2D eigenvalue weighted by atomic mass is 10.1. The van der Waals surface area contributed by atoms with Gasteiger partial charge in [-0.3, -0.25) is 10.1 Å². The Balaban J connectivity index is 1.62. The molecule has 6 nitrogen and oxygen atoms in total. The van der Waals surface area contributed by atoms with Gasteiger partial charge < -0.3 is 14.7 Å². The average Bonchev–Trinajstić information content (AvgIpc) is 2.83. The number of guanidine groups is 1. The summed E-state index contributed by atoms with van der Waals surface area (Å²) in [4.78, 5) is 17.8. The summed E-state index contributed by atoms with van der Waals surface area (Å²) in [7, 11) is 0. The second-order valence-electron chi connectivity index (χ2n) is 5.26. The number of ether oxygens (including phenoxy) is 1. The molecule has 0 unspecified atom stereocenters. The second-order valence-corrected chi connectivity index (χ2v) is 5.26. The van der Waals surface area contributed by atoms with Gasteiger partial charge in [0.15, 0.2) is 0 Å². The summed E-state index contributed by atoms with van der Waals surface area (Å²) in [5.41, 5.74) is 1.96. The predicted molar refractivity (Wildman–Crippen MR) is 78.5 cm³/mol. The van der Waals surface area contributed by atoms with Crippen LogP contribution in [0.1, 0.15) is 24.8 Å². The molecule has 1 amide bonds. The smallest absolute Gasteiger partial charge is 0.246 e. The SMILES string of the molecule is O=C1CN2Cc3cc(OCCCCCO)ccc3N=C2N1. The van der Waals surface area contributed by atoms with Gasteiger partial charge in [-0.25, -0.2) is 4.99 Å². The van der Waals surface area contributed by atoms with Crippen LogP contribution in [0.3, 0.4) is 0 Å². The van der Waals surface area contributed by atoms with Crippen molar-refractivity contribution in [3.05, 3.63) is 23.8 Å². The molecular weight excluding hydrogens is 270 g/mol. The molecule has 0 bridgehead atoms. The maximum atomic E-state index is 11.4. The normalized spacial score (nSPS) is 16.1. The molecule has 1 fully saturated rings. The highest BCUT2D eigenvalue weighted by Crippen LogP contribution is 2.30. The first kappa shape index (κ1) is 13.9. The fourth-order valence-electron chi connectivity index (χ4n) is 2.51. The summed E-state index contributed by atoms with van der Waals surface area (Å²) in [6, 6.07) is 5.82. The molecule has 2 aliphatic heterocycles. The summed E-state index contributed by atoms with van der Waals surface area (Å²) in [5.74, 6) is 1.46. The van der Waals surface area contributed by atoms with Gasteiger partial charge in [-0.05, 0) is 37.5 Å². The summed E-state index contributed by atoms with van der Waals surface area (Å²) >= 11 is 0. The summed E-state index contributed by atoms with van der Waals surface area (Å²) < 4.78 is 5.72. The molecule has 0 spiro atoms. The van der Waals surface area contributed by atoms with Crippen LogP contribution in [0.25, 0.3) is 0 Å². The predicted octanol–water partition coefficient (Wildman–Crippen LogP) is 1.16. The molecule has 0 aromatic heterocycles. The van der Waals surface area contributed by atoms with Gasteiger partial charge in [-0.2, -0.15) is 0 Å². The molecule has 0 atom stereocenters. The highest BCUT2D eigenvalue weighted by Gasteiger charge is 2.29. The minimum atomic E-state index is -0.0121. The maximum absolute atomic E-state index is 11.4. The number of fused-ring (bicyclic) bond motifs is 2. The van der Waals surface area contributed by atoms with E-state index in [1.807, 2.05) is 23.1 Å². The van der Waals surface area contributed by atoms with Crippen molar-refractivity contribution < 1.29 is 14.6 Å². The van der Waals surface area contributed by atoms with Crippen molar-refractivity contribution in [3.8, 4) is 5.75 Å². The van der Waals surface area contributed by atoms with Gasteiger partial charge in [0.05, 0.1) is 12.3 Å². The third-order valence-corrected chi connectivity index (χ3v) is 3.59. The lowest BCUT2D eigenvalue weighted by molar-refractivity contribution is -0.118. The largest absolute Gasteiger partial charge is 0.494 e. The average molecular weight is 289 g/mol. The van der Waals surface area contributed by atoms with Gasteiger partial charge in [0.1, 0.15) is 12.3 Å². The van der Waals surface area contributed by atoms with Gasteiger partial charge in [-0.1, -0.05) is 0 Å². The van der Waals surface area contributed by atoms with Crippen LogP contribution in [0, 0.1) is 0 Å². The van der Waals surface area contributed by atoms with Gasteiger partial charge in [0.25, 0.3) is 0 Å². The number of aliphatic hydroxyl groups excluding tert-OH is 1. The first-order chi connectivity index (χ1) is 10.3. The van der Waals surface area contributed by atoms with Crippen molar-refractivity contribution in [1.82, 2.24) is 10.2 Å². The molecule has 112 valence electrons. The second kappa shape index (κ2) is 6.13. The van der Waals surface area contributed by atoms with Crippen molar-refractivity contribution >= 4 is 17.6 Å². The summed E-state index contributed by atoms with van der Waals surface area (Å²) in [6.07, 6.45) is 2.72. The van der Waals surface area contributed by atoms with E-state index in [-0.39, 0.29) is 12.5 Å². The Morgan fingerprint density at radius 2 is 2.19 bits per heavy atom. The van der Waals surface area contributed by atoms with Crippen molar-refractivity contribution in [2.24, 2.45) is 4.99 Å².